The second-order valence-corrected chi connectivity index (χ2v) is 6.50. The highest BCUT2D eigenvalue weighted by Crippen LogP contribution is 2.19. The lowest BCUT2D eigenvalue weighted by molar-refractivity contribution is 0.100. The van der Waals surface area contributed by atoms with Gasteiger partial charge < -0.3 is 4.74 Å². The molecular weight excluding hydrogens is 394 g/mol. The quantitative estimate of drug-likeness (QED) is 0.547. The van der Waals surface area contributed by atoms with E-state index in [0.717, 1.165) is 4.68 Å². The third-order valence-corrected chi connectivity index (χ3v) is 4.43. The van der Waals surface area contributed by atoms with Crippen LogP contribution in [-0.2, 0) is 0 Å². The molecule has 9 heteroatoms. The molecule has 0 aliphatic heterocycles. The van der Waals surface area contributed by atoms with Crippen LogP contribution in [0.3, 0.4) is 0 Å². The molecule has 0 atom stereocenters. The van der Waals surface area contributed by atoms with E-state index in [0.29, 0.717) is 34.3 Å². The van der Waals surface area contributed by atoms with Gasteiger partial charge >= 0.3 is 0 Å². The van der Waals surface area contributed by atoms with Gasteiger partial charge in [0.25, 0.3) is 11.5 Å². The van der Waals surface area contributed by atoms with E-state index in [-0.39, 0.29) is 5.39 Å². The summed E-state index contributed by atoms with van der Waals surface area (Å²) in [6, 6.07) is 13.8. The summed E-state index contributed by atoms with van der Waals surface area (Å²) in [7, 11) is 0. The number of carbonyl (C=O) groups is 1. The Morgan fingerprint density at radius 2 is 2.03 bits per heavy atom. The molecule has 0 fully saturated rings. The van der Waals surface area contributed by atoms with Crippen LogP contribution in [0, 0.1) is 0 Å². The van der Waals surface area contributed by atoms with E-state index in [2.05, 4.69) is 15.5 Å². The lowest BCUT2D eigenvalue weighted by Gasteiger charge is -2.11. The standard InChI is InChI=1S/C20H16ClN5O3/c1-2-29-17-9-4-3-8-15(17)19(27)24-25-12-22-18-16(20(25)28)11-23-26(18)14-7-5-6-13(21)10-14/h3-12H,2H2,1H3,(H,24,27). The Kier molecular flexibility index (Phi) is 5.01. The molecule has 0 unspecified atom stereocenters. The van der Waals surface area contributed by atoms with E-state index in [1.54, 1.807) is 48.5 Å². The Morgan fingerprint density at radius 3 is 2.83 bits per heavy atom. The van der Waals surface area contributed by atoms with Gasteiger partial charge in [-0.05, 0) is 37.3 Å². The zero-order valence-electron chi connectivity index (χ0n) is 15.4. The van der Waals surface area contributed by atoms with Crippen LogP contribution in [0.15, 0.2) is 65.8 Å². The highest BCUT2D eigenvalue weighted by molar-refractivity contribution is 6.30. The van der Waals surface area contributed by atoms with Crippen LogP contribution in [-0.4, -0.2) is 32.0 Å². The van der Waals surface area contributed by atoms with Gasteiger partial charge in [0.2, 0.25) is 0 Å². The number of nitrogens with one attached hydrogen (secondary N) is 1. The van der Waals surface area contributed by atoms with E-state index < -0.39 is 11.5 Å². The third-order valence-electron chi connectivity index (χ3n) is 4.19. The second-order valence-electron chi connectivity index (χ2n) is 6.06. The smallest absolute Gasteiger partial charge is 0.283 e. The van der Waals surface area contributed by atoms with Gasteiger partial charge in [-0.15, -0.1) is 0 Å². The summed E-state index contributed by atoms with van der Waals surface area (Å²) in [6.45, 7) is 2.25. The number of hydrogen-bond donors (Lipinski definition) is 1. The van der Waals surface area contributed by atoms with Crippen LogP contribution in [0.5, 0.6) is 5.75 Å². The van der Waals surface area contributed by atoms with Crippen molar-refractivity contribution in [2.45, 2.75) is 6.92 Å². The minimum Gasteiger partial charge on any atom is -0.493 e. The zero-order chi connectivity index (χ0) is 20.4. The average molecular weight is 410 g/mol. The van der Waals surface area contributed by atoms with Gasteiger partial charge in [0.1, 0.15) is 17.5 Å². The van der Waals surface area contributed by atoms with Crippen molar-refractivity contribution >= 4 is 28.5 Å². The molecule has 8 nitrogen and oxygen atoms in total. The van der Waals surface area contributed by atoms with Crippen LogP contribution in [0.2, 0.25) is 5.02 Å². The van der Waals surface area contributed by atoms with Crippen LogP contribution in [0.25, 0.3) is 16.7 Å². The minimum atomic E-state index is -0.487. The molecule has 2 heterocycles. The molecular formula is C20H16ClN5O3. The second kappa shape index (κ2) is 7.76. The number of carbonyl (C=O) groups excluding carboxylic acids is 1. The monoisotopic (exact) mass is 409 g/mol. The van der Waals surface area contributed by atoms with Crippen molar-refractivity contribution in [2.75, 3.05) is 12.0 Å². The molecule has 0 saturated heterocycles. The lowest BCUT2D eigenvalue weighted by atomic mass is 10.2. The fourth-order valence-corrected chi connectivity index (χ4v) is 3.08. The predicted molar refractivity (Wildman–Crippen MR) is 109 cm³/mol. The molecule has 0 bridgehead atoms. The summed E-state index contributed by atoms with van der Waals surface area (Å²) in [4.78, 5) is 29.8. The van der Waals surface area contributed by atoms with Crippen molar-refractivity contribution in [3.63, 3.8) is 0 Å². The van der Waals surface area contributed by atoms with Gasteiger partial charge in [-0.25, -0.2) is 14.3 Å². The molecule has 146 valence electrons. The first kappa shape index (κ1) is 18.7. The molecule has 0 aliphatic rings. The molecule has 0 aliphatic carbocycles. The largest absolute Gasteiger partial charge is 0.493 e. The first-order valence-electron chi connectivity index (χ1n) is 8.83. The summed E-state index contributed by atoms with van der Waals surface area (Å²) < 4.78 is 8.01. The molecule has 4 rings (SSSR count). The van der Waals surface area contributed by atoms with E-state index in [9.17, 15) is 9.59 Å². The fourth-order valence-electron chi connectivity index (χ4n) is 2.89. The van der Waals surface area contributed by atoms with Crippen LogP contribution >= 0.6 is 11.6 Å². The highest BCUT2D eigenvalue weighted by atomic mass is 35.5. The van der Waals surface area contributed by atoms with Gasteiger partial charge in [-0.3, -0.25) is 15.0 Å². The number of aromatic nitrogens is 4. The summed E-state index contributed by atoms with van der Waals surface area (Å²) >= 11 is 6.04. The van der Waals surface area contributed by atoms with Crippen molar-refractivity contribution in [2.24, 2.45) is 0 Å². The maximum absolute atomic E-state index is 12.8. The molecule has 0 saturated carbocycles. The van der Waals surface area contributed by atoms with E-state index in [1.807, 2.05) is 6.92 Å². The molecule has 0 spiro atoms. The Bertz CT molecular complexity index is 1260. The summed E-state index contributed by atoms with van der Waals surface area (Å²) in [5, 5.41) is 5.03. The van der Waals surface area contributed by atoms with Gasteiger partial charge in [0, 0.05) is 5.02 Å². The summed E-state index contributed by atoms with van der Waals surface area (Å²) in [5.41, 5.74) is 3.43. The molecule has 2 aromatic heterocycles. The normalized spacial score (nSPS) is 10.8. The highest BCUT2D eigenvalue weighted by Gasteiger charge is 2.16. The lowest BCUT2D eigenvalue weighted by Crippen LogP contribution is -2.33. The number of nitrogens with zero attached hydrogens (tertiary/aromatic N) is 4. The number of halogens is 1. The van der Waals surface area contributed by atoms with E-state index >= 15 is 0 Å². The van der Waals surface area contributed by atoms with Gasteiger partial charge in [-0.1, -0.05) is 29.8 Å². The number of para-hydroxylation sites is 1. The Labute approximate surface area is 170 Å². The summed E-state index contributed by atoms with van der Waals surface area (Å²) in [5.74, 6) is -0.0529. The molecule has 0 radical (unpaired) electrons. The van der Waals surface area contributed by atoms with Crippen LogP contribution < -0.4 is 15.7 Å². The minimum absolute atomic E-state index is 0.255. The molecule has 4 aromatic rings. The third kappa shape index (κ3) is 3.57. The van der Waals surface area contributed by atoms with Crippen molar-refractivity contribution < 1.29 is 9.53 Å². The van der Waals surface area contributed by atoms with E-state index in [1.165, 1.54) is 17.2 Å². The van der Waals surface area contributed by atoms with Crippen molar-refractivity contribution in [1.82, 2.24) is 19.4 Å². The molecule has 1 N–H and O–H groups in total. The zero-order valence-corrected chi connectivity index (χ0v) is 16.1. The van der Waals surface area contributed by atoms with Crippen LogP contribution in [0.1, 0.15) is 17.3 Å². The van der Waals surface area contributed by atoms with Gasteiger partial charge in [0.15, 0.2) is 5.65 Å². The van der Waals surface area contributed by atoms with Crippen molar-refractivity contribution in [3.05, 3.63) is 82.0 Å². The number of rotatable bonds is 5. The Morgan fingerprint density at radius 1 is 1.21 bits per heavy atom. The summed E-state index contributed by atoms with van der Waals surface area (Å²) in [6.07, 6.45) is 2.65. The Balaban J connectivity index is 1.69. The molecule has 1 amide bonds. The number of fused-ring (bicyclic) bond motifs is 1. The molecule has 29 heavy (non-hydrogen) atoms. The first-order valence-corrected chi connectivity index (χ1v) is 9.21. The number of hydrogen-bond acceptors (Lipinski definition) is 5. The maximum atomic E-state index is 12.8. The SMILES string of the molecule is CCOc1ccccc1C(=O)Nn1cnc2c(cnn2-c2cccc(Cl)c2)c1=O. The number of benzene rings is 2. The van der Waals surface area contributed by atoms with Crippen LogP contribution in [0.4, 0.5) is 0 Å². The molecule has 2 aromatic carbocycles. The fraction of sp³-hybridized carbons (Fsp3) is 0.100. The van der Waals surface area contributed by atoms with Gasteiger partial charge in [0.05, 0.1) is 24.1 Å². The van der Waals surface area contributed by atoms with Gasteiger partial charge in [-0.2, -0.15) is 5.10 Å². The first-order chi connectivity index (χ1) is 14.1. The van der Waals surface area contributed by atoms with Crippen molar-refractivity contribution in [3.8, 4) is 11.4 Å². The average Bonchev–Trinajstić information content (AvgIpc) is 3.15. The Hall–Kier alpha value is -3.65. The number of amides is 1. The van der Waals surface area contributed by atoms with Crippen molar-refractivity contribution in [1.29, 1.82) is 0 Å². The topological polar surface area (TPSA) is 91.0 Å². The number of ether oxygens (including phenoxy) is 1. The van der Waals surface area contributed by atoms with E-state index in [4.69, 9.17) is 16.3 Å². The predicted octanol–water partition coefficient (Wildman–Crippen LogP) is 3.02. The maximum Gasteiger partial charge on any atom is 0.283 e.